The van der Waals surface area contributed by atoms with Crippen LogP contribution in [0.15, 0.2) is 30.5 Å². The molecule has 0 saturated carbocycles. The van der Waals surface area contributed by atoms with Crippen LogP contribution in [0.25, 0.3) is 10.9 Å². The number of hydrogen-bond donors (Lipinski definition) is 1. The number of nitrogens with zero attached hydrogens (tertiary/aromatic N) is 2. The zero-order valence-electron chi connectivity index (χ0n) is 23.9. The molecule has 0 spiro atoms. The van der Waals surface area contributed by atoms with E-state index in [0.717, 1.165) is 61.6 Å². The molecule has 2 atom stereocenters. The van der Waals surface area contributed by atoms with Gasteiger partial charge < -0.3 is 15.0 Å². The van der Waals surface area contributed by atoms with E-state index in [1.807, 2.05) is 6.20 Å². The fourth-order valence-electron chi connectivity index (χ4n) is 6.70. The highest BCUT2D eigenvalue weighted by molar-refractivity contribution is 5.83. The summed E-state index contributed by atoms with van der Waals surface area (Å²) < 4.78 is 6.20. The van der Waals surface area contributed by atoms with Crippen molar-refractivity contribution in [1.82, 2.24) is 15.2 Å². The zero-order valence-corrected chi connectivity index (χ0v) is 23.9. The molecule has 4 heteroatoms. The number of hydrogen-bond acceptors (Lipinski definition) is 4. The summed E-state index contributed by atoms with van der Waals surface area (Å²) in [5.41, 5.74) is 2.54. The van der Waals surface area contributed by atoms with Gasteiger partial charge >= 0.3 is 0 Å². The van der Waals surface area contributed by atoms with Crippen LogP contribution in [0.2, 0.25) is 0 Å². The van der Waals surface area contributed by atoms with Crippen molar-refractivity contribution in [3.63, 3.8) is 0 Å². The Kier molecular flexibility index (Phi) is 12.0. The number of ether oxygens (including phenoxy) is 1. The van der Waals surface area contributed by atoms with Crippen molar-refractivity contribution in [1.29, 1.82) is 0 Å². The van der Waals surface area contributed by atoms with Crippen LogP contribution in [0.1, 0.15) is 96.5 Å². The highest BCUT2D eigenvalue weighted by Crippen LogP contribution is 2.32. The first kappa shape index (κ1) is 28.4. The molecule has 3 heterocycles. The maximum atomic E-state index is 6.20. The van der Waals surface area contributed by atoms with Gasteiger partial charge in [-0.2, -0.15) is 0 Å². The average molecular weight is 508 g/mol. The molecule has 1 aromatic heterocycles. The van der Waals surface area contributed by atoms with Gasteiger partial charge in [0.2, 0.25) is 0 Å². The van der Waals surface area contributed by atoms with Crippen LogP contribution in [0, 0.1) is 17.8 Å². The van der Waals surface area contributed by atoms with Crippen molar-refractivity contribution in [2.24, 2.45) is 17.8 Å². The quantitative estimate of drug-likeness (QED) is 0.251. The van der Waals surface area contributed by atoms with Crippen LogP contribution in [0.5, 0.6) is 5.75 Å². The molecule has 1 aromatic carbocycles. The standard InChI is InChI=1S/C33H53N3O/c1-3-5-6-7-8-22-36-23-17-29(28(4-2)26-36)10-9-11-30-16-21-35-33-13-12-31(25-32(30)33)37-24-18-27-14-19-34-20-15-27/h12-13,16,21,25,27-29,34H,3-11,14-15,17-20,22-24,26H2,1-2H3/t28-,29+/m0/s1. The maximum absolute atomic E-state index is 6.20. The smallest absolute Gasteiger partial charge is 0.120 e. The first-order valence-electron chi connectivity index (χ1n) is 15.7. The highest BCUT2D eigenvalue weighted by atomic mass is 16.5. The molecular weight excluding hydrogens is 454 g/mol. The van der Waals surface area contributed by atoms with Crippen molar-refractivity contribution in [3.05, 3.63) is 36.0 Å². The molecule has 2 aliphatic rings. The van der Waals surface area contributed by atoms with Crippen LogP contribution in [-0.2, 0) is 6.42 Å². The number of piperidine rings is 2. The van der Waals surface area contributed by atoms with Crippen molar-refractivity contribution < 1.29 is 4.74 Å². The topological polar surface area (TPSA) is 37.4 Å². The molecule has 0 bridgehead atoms. The predicted octanol–water partition coefficient (Wildman–Crippen LogP) is 7.64. The molecule has 4 rings (SSSR count). The summed E-state index contributed by atoms with van der Waals surface area (Å²) >= 11 is 0. The van der Waals surface area contributed by atoms with E-state index in [-0.39, 0.29) is 0 Å². The third-order valence-corrected chi connectivity index (χ3v) is 9.16. The Bertz CT molecular complexity index is 910. The number of unbranched alkanes of at least 4 members (excludes halogenated alkanes) is 4. The molecule has 2 aromatic rings. The SMILES string of the molecule is CCCCCCCN1CC[C@@H](CCCc2ccnc3ccc(OCCC4CCNCC4)cc23)[C@@H](CC)C1. The molecule has 0 radical (unpaired) electrons. The monoisotopic (exact) mass is 507 g/mol. The van der Waals surface area contributed by atoms with Crippen molar-refractivity contribution in [2.45, 2.75) is 97.3 Å². The van der Waals surface area contributed by atoms with Gasteiger partial charge in [0.1, 0.15) is 5.75 Å². The van der Waals surface area contributed by atoms with Gasteiger partial charge in [-0.05, 0) is 125 Å². The maximum Gasteiger partial charge on any atom is 0.120 e. The van der Waals surface area contributed by atoms with Gasteiger partial charge in [-0.15, -0.1) is 0 Å². The van der Waals surface area contributed by atoms with E-state index in [9.17, 15) is 0 Å². The van der Waals surface area contributed by atoms with E-state index in [0.29, 0.717) is 0 Å². The highest BCUT2D eigenvalue weighted by Gasteiger charge is 2.27. The number of pyridine rings is 1. The van der Waals surface area contributed by atoms with Crippen LogP contribution >= 0.6 is 0 Å². The van der Waals surface area contributed by atoms with Crippen LogP contribution in [-0.4, -0.2) is 49.2 Å². The lowest BCUT2D eigenvalue weighted by Gasteiger charge is -2.38. The van der Waals surface area contributed by atoms with E-state index in [4.69, 9.17) is 4.74 Å². The minimum atomic E-state index is 0.809. The first-order valence-corrected chi connectivity index (χ1v) is 15.7. The minimum Gasteiger partial charge on any atom is -0.494 e. The Labute approximate surface area is 227 Å². The van der Waals surface area contributed by atoms with Gasteiger partial charge in [-0.3, -0.25) is 4.98 Å². The Morgan fingerprint density at radius 1 is 0.946 bits per heavy atom. The van der Waals surface area contributed by atoms with E-state index in [1.165, 1.54) is 101 Å². The van der Waals surface area contributed by atoms with Crippen LogP contribution < -0.4 is 10.1 Å². The Hall–Kier alpha value is -1.65. The first-order chi connectivity index (χ1) is 18.3. The summed E-state index contributed by atoms with van der Waals surface area (Å²) in [6, 6.07) is 8.72. The second kappa shape index (κ2) is 15.7. The molecule has 37 heavy (non-hydrogen) atoms. The van der Waals surface area contributed by atoms with Gasteiger partial charge in [-0.1, -0.05) is 46.0 Å². The van der Waals surface area contributed by atoms with E-state index in [2.05, 4.69) is 53.3 Å². The van der Waals surface area contributed by atoms with Gasteiger partial charge in [0.15, 0.2) is 0 Å². The fourth-order valence-corrected chi connectivity index (χ4v) is 6.70. The summed E-state index contributed by atoms with van der Waals surface area (Å²) in [4.78, 5) is 7.40. The largest absolute Gasteiger partial charge is 0.494 e. The summed E-state index contributed by atoms with van der Waals surface area (Å²) in [6.45, 7) is 11.8. The second-order valence-corrected chi connectivity index (χ2v) is 11.8. The Morgan fingerprint density at radius 3 is 2.65 bits per heavy atom. The molecular formula is C33H53N3O. The third kappa shape index (κ3) is 8.96. The van der Waals surface area contributed by atoms with Gasteiger partial charge in [0, 0.05) is 18.1 Å². The Balaban J connectivity index is 1.24. The number of rotatable bonds is 15. The molecule has 206 valence electrons. The van der Waals surface area contributed by atoms with Gasteiger partial charge in [0.25, 0.3) is 0 Å². The fraction of sp³-hybridized carbons (Fsp3) is 0.727. The summed E-state index contributed by atoms with van der Waals surface area (Å²) in [5.74, 6) is 3.58. The lowest BCUT2D eigenvalue weighted by Crippen LogP contribution is -2.40. The average Bonchev–Trinajstić information content (AvgIpc) is 2.94. The number of likely N-dealkylation sites (tertiary alicyclic amines) is 1. The van der Waals surface area contributed by atoms with E-state index >= 15 is 0 Å². The molecule has 0 unspecified atom stereocenters. The minimum absolute atomic E-state index is 0.809. The van der Waals surface area contributed by atoms with Crippen LogP contribution in [0.4, 0.5) is 0 Å². The molecule has 2 saturated heterocycles. The number of benzene rings is 1. The third-order valence-electron chi connectivity index (χ3n) is 9.16. The summed E-state index contributed by atoms with van der Waals surface area (Å²) in [5, 5.41) is 4.74. The van der Waals surface area contributed by atoms with Gasteiger partial charge in [-0.25, -0.2) is 0 Å². The Morgan fingerprint density at radius 2 is 1.81 bits per heavy atom. The predicted molar refractivity (Wildman–Crippen MR) is 157 cm³/mol. The molecule has 2 fully saturated rings. The summed E-state index contributed by atoms with van der Waals surface area (Å²) in [7, 11) is 0. The molecule has 0 amide bonds. The van der Waals surface area contributed by atoms with Crippen LogP contribution in [0.3, 0.4) is 0 Å². The number of aromatic nitrogens is 1. The lowest BCUT2D eigenvalue weighted by atomic mass is 9.80. The molecule has 2 aliphatic heterocycles. The lowest BCUT2D eigenvalue weighted by molar-refractivity contribution is 0.108. The second-order valence-electron chi connectivity index (χ2n) is 11.8. The van der Waals surface area contributed by atoms with E-state index in [1.54, 1.807) is 0 Å². The molecule has 1 N–H and O–H groups in total. The normalized spacial score (nSPS) is 21.5. The van der Waals surface area contributed by atoms with Crippen molar-refractivity contribution >= 4 is 10.9 Å². The molecule has 4 nitrogen and oxygen atoms in total. The number of fused-ring (bicyclic) bond motifs is 1. The molecule has 0 aliphatic carbocycles. The van der Waals surface area contributed by atoms with Gasteiger partial charge in [0.05, 0.1) is 12.1 Å². The van der Waals surface area contributed by atoms with Crippen molar-refractivity contribution in [2.75, 3.05) is 39.3 Å². The zero-order chi connectivity index (χ0) is 25.7. The summed E-state index contributed by atoms with van der Waals surface area (Å²) in [6.07, 6.45) is 19.2. The number of nitrogens with one attached hydrogen (secondary N) is 1. The van der Waals surface area contributed by atoms with E-state index < -0.39 is 0 Å². The number of aryl methyl sites for hydroxylation is 1. The van der Waals surface area contributed by atoms with Crippen molar-refractivity contribution in [3.8, 4) is 5.75 Å².